The third kappa shape index (κ3) is 1.60. The number of allylic oxidation sites excluding steroid dienone is 1. The second-order valence-corrected chi connectivity index (χ2v) is 4.30. The third-order valence-corrected chi connectivity index (χ3v) is 3.18. The first-order chi connectivity index (χ1) is 8.81. The van der Waals surface area contributed by atoms with Gasteiger partial charge in [-0.3, -0.25) is 0 Å². The summed E-state index contributed by atoms with van der Waals surface area (Å²) < 4.78 is 2.02. The van der Waals surface area contributed by atoms with E-state index in [-0.39, 0.29) is 0 Å². The Labute approximate surface area is 106 Å². The van der Waals surface area contributed by atoms with Crippen LogP contribution in [0.2, 0.25) is 0 Å². The van der Waals surface area contributed by atoms with E-state index in [1.807, 2.05) is 47.2 Å². The molecule has 18 heavy (non-hydrogen) atoms. The quantitative estimate of drug-likeness (QED) is 0.834. The van der Waals surface area contributed by atoms with Crippen LogP contribution in [0.5, 0.6) is 0 Å². The number of aliphatic hydroxyl groups excluding tert-OH is 1. The average Bonchev–Trinajstić information content (AvgIpc) is 2.96. The Hall–Kier alpha value is -2.13. The van der Waals surface area contributed by atoms with Crippen LogP contribution in [0.1, 0.15) is 23.1 Å². The van der Waals surface area contributed by atoms with E-state index in [0.717, 1.165) is 22.5 Å². The van der Waals surface area contributed by atoms with Crippen LogP contribution in [0.4, 0.5) is 0 Å². The van der Waals surface area contributed by atoms with Gasteiger partial charge in [-0.1, -0.05) is 30.3 Å². The van der Waals surface area contributed by atoms with Crippen LogP contribution in [0.3, 0.4) is 0 Å². The van der Waals surface area contributed by atoms with Crippen LogP contribution in [-0.4, -0.2) is 14.7 Å². The molecule has 1 atom stereocenters. The molecule has 0 bridgehead atoms. The van der Waals surface area contributed by atoms with Gasteiger partial charge in [0, 0.05) is 24.5 Å². The molecular weight excluding hydrogens is 224 g/mol. The number of hydrogen-bond donors (Lipinski definition) is 1. The van der Waals surface area contributed by atoms with Gasteiger partial charge in [0.1, 0.15) is 5.82 Å². The lowest BCUT2D eigenvalue weighted by Crippen LogP contribution is -2.01. The van der Waals surface area contributed by atoms with Crippen molar-refractivity contribution >= 4 is 5.57 Å². The van der Waals surface area contributed by atoms with Gasteiger partial charge in [-0.15, -0.1) is 6.58 Å². The topological polar surface area (TPSA) is 38.0 Å². The van der Waals surface area contributed by atoms with Gasteiger partial charge in [-0.2, -0.15) is 0 Å². The molecule has 0 saturated carbocycles. The highest BCUT2D eigenvalue weighted by atomic mass is 16.3. The summed E-state index contributed by atoms with van der Waals surface area (Å²) in [6.07, 6.45) is 6.85. The Morgan fingerprint density at radius 3 is 3.06 bits per heavy atom. The molecule has 0 aliphatic heterocycles. The second kappa shape index (κ2) is 4.27. The normalized spacial score (nSPS) is 17.4. The van der Waals surface area contributed by atoms with E-state index in [2.05, 4.69) is 11.6 Å². The predicted octanol–water partition coefficient (Wildman–Crippen LogP) is 2.55. The van der Waals surface area contributed by atoms with Crippen molar-refractivity contribution in [2.45, 2.75) is 12.6 Å². The molecule has 2 aromatic rings. The zero-order chi connectivity index (χ0) is 12.5. The molecule has 1 aliphatic carbocycles. The molecule has 1 unspecified atom stereocenters. The molecule has 1 aromatic heterocycles. The van der Waals surface area contributed by atoms with Crippen molar-refractivity contribution in [2.75, 3.05) is 0 Å². The summed E-state index contributed by atoms with van der Waals surface area (Å²) in [6, 6.07) is 7.88. The van der Waals surface area contributed by atoms with Gasteiger partial charge in [0.2, 0.25) is 0 Å². The van der Waals surface area contributed by atoms with Gasteiger partial charge in [0.05, 0.1) is 6.10 Å². The van der Waals surface area contributed by atoms with Crippen molar-refractivity contribution in [3.63, 3.8) is 0 Å². The highest BCUT2D eigenvalue weighted by Crippen LogP contribution is 2.37. The van der Waals surface area contributed by atoms with Crippen molar-refractivity contribution in [2.24, 2.45) is 0 Å². The Bertz CT molecular complexity index is 625. The average molecular weight is 238 g/mol. The molecule has 1 aliphatic rings. The van der Waals surface area contributed by atoms with Gasteiger partial charge in [-0.25, -0.2) is 4.98 Å². The monoisotopic (exact) mass is 238 g/mol. The number of benzene rings is 1. The second-order valence-electron chi connectivity index (χ2n) is 4.30. The summed E-state index contributed by atoms with van der Waals surface area (Å²) >= 11 is 0. The summed E-state index contributed by atoms with van der Waals surface area (Å²) in [5.74, 6) is 0.874. The van der Waals surface area contributed by atoms with Crippen molar-refractivity contribution in [3.8, 4) is 0 Å². The number of imidazole rings is 1. The van der Waals surface area contributed by atoms with E-state index in [1.54, 1.807) is 6.20 Å². The number of fused-ring (bicyclic) bond motifs is 1. The number of nitrogens with zero attached hydrogens (tertiary/aromatic N) is 2. The largest absolute Gasteiger partial charge is 0.384 e. The zero-order valence-corrected chi connectivity index (χ0v) is 9.95. The van der Waals surface area contributed by atoms with Crippen LogP contribution in [0, 0.1) is 0 Å². The van der Waals surface area contributed by atoms with E-state index in [1.165, 1.54) is 0 Å². The van der Waals surface area contributed by atoms with E-state index < -0.39 is 6.10 Å². The summed E-state index contributed by atoms with van der Waals surface area (Å²) in [7, 11) is 0. The van der Waals surface area contributed by atoms with Crippen LogP contribution >= 0.6 is 0 Å². The molecule has 0 fully saturated rings. The van der Waals surface area contributed by atoms with Crippen molar-refractivity contribution < 1.29 is 5.11 Å². The lowest BCUT2D eigenvalue weighted by molar-refractivity contribution is 0.232. The van der Waals surface area contributed by atoms with E-state index in [4.69, 9.17) is 0 Å². The Morgan fingerprint density at radius 1 is 1.39 bits per heavy atom. The molecule has 0 spiro atoms. The standard InChI is InChI=1S/C15H14N2O/c1-2-8-17-9-7-16-15(17)13-10-14(18)12-6-4-3-5-11(12)13/h2-7,9-10,14,18H,1,8H2. The summed E-state index contributed by atoms with van der Waals surface area (Å²) in [4.78, 5) is 4.39. The predicted molar refractivity (Wildman–Crippen MR) is 70.9 cm³/mol. The van der Waals surface area contributed by atoms with Crippen molar-refractivity contribution in [3.05, 3.63) is 72.3 Å². The maximum atomic E-state index is 10.0. The molecule has 3 nitrogen and oxygen atoms in total. The third-order valence-electron chi connectivity index (χ3n) is 3.18. The van der Waals surface area contributed by atoms with Crippen molar-refractivity contribution in [1.82, 2.24) is 9.55 Å². The van der Waals surface area contributed by atoms with Gasteiger partial charge in [-0.05, 0) is 17.2 Å². The van der Waals surface area contributed by atoms with Gasteiger partial charge in [0.15, 0.2) is 0 Å². The summed E-state index contributed by atoms with van der Waals surface area (Å²) in [5.41, 5.74) is 2.99. The maximum absolute atomic E-state index is 10.0. The number of aliphatic hydroxyl groups is 1. The van der Waals surface area contributed by atoms with Gasteiger partial charge < -0.3 is 9.67 Å². The minimum atomic E-state index is -0.537. The number of hydrogen-bond acceptors (Lipinski definition) is 2. The molecule has 90 valence electrons. The molecule has 3 rings (SSSR count). The molecule has 1 aromatic carbocycles. The highest BCUT2D eigenvalue weighted by Gasteiger charge is 2.24. The first-order valence-electron chi connectivity index (χ1n) is 5.93. The molecule has 1 N–H and O–H groups in total. The fourth-order valence-electron chi connectivity index (χ4n) is 2.37. The van der Waals surface area contributed by atoms with Crippen LogP contribution in [-0.2, 0) is 6.54 Å². The Morgan fingerprint density at radius 2 is 2.22 bits per heavy atom. The highest BCUT2D eigenvalue weighted by molar-refractivity contribution is 5.82. The van der Waals surface area contributed by atoms with Crippen molar-refractivity contribution in [1.29, 1.82) is 0 Å². The zero-order valence-electron chi connectivity index (χ0n) is 9.95. The summed E-state index contributed by atoms with van der Waals surface area (Å²) in [6.45, 7) is 4.46. The van der Waals surface area contributed by atoms with Crippen LogP contribution < -0.4 is 0 Å². The fraction of sp³-hybridized carbons (Fsp3) is 0.133. The van der Waals surface area contributed by atoms with Gasteiger partial charge in [0.25, 0.3) is 0 Å². The minimum Gasteiger partial charge on any atom is -0.384 e. The molecule has 0 amide bonds. The molecule has 0 radical (unpaired) electrons. The smallest absolute Gasteiger partial charge is 0.140 e. The SMILES string of the molecule is C=CCn1ccnc1C1=CC(O)c2ccccc21. The first-order valence-corrected chi connectivity index (χ1v) is 5.93. The first kappa shape index (κ1) is 11.0. The van der Waals surface area contributed by atoms with E-state index in [0.29, 0.717) is 6.54 Å². The maximum Gasteiger partial charge on any atom is 0.140 e. The van der Waals surface area contributed by atoms with E-state index in [9.17, 15) is 5.11 Å². The number of aromatic nitrogens is 2. The Balaban J connectivity index is 2.11. The molecule has 1 heterocycles. The molecule has 0 saturated heterocycles. The van der Waals surface area contributed by atoms with E-state index >= 15 is 0 Å². The molecular formula is C15H14N2O. The minimum absolute atomic E-state index is 0.537. The lowest BCUT2D eigenvalue weighted by Gasteiger charge is -2.07. The van der Waals surface area contributed by atoms with Crippen LogP contribution in [0.25, 0.3) is 5.57 Å². The summed E-state index contributed by atoms with van der Waals surface area (Å²) in [5, 5.41) is 10.0. The molecule has 3 heteroatoms. The van der Waals surface area contributed by atoms with Gasteiger partial charge >= 0.3 is 0 Å². The Kier molecular flexibility index (Phi) is 2.61. The van der Waals surface area contributed by atoms with Crippen LogP contribution in [0.15, 0.2) is 55.4 Å². The fourth-order valence-corrected chi connectivity index (χ4v) is 2.37. The lowest BCUT2D eigenvalue weighted by atomic mass is 10.0. The number of rotatable bonds is 3.